The Bertz CT molecular complexity index is 252. The van der Waals surface area contributed by atoms with Crippen molar-refractivity contribution in [1.82, 2.24) is 0 Å². The second-order valence-corrected chi connectivity index (χ2v) is 2.74. The molecule has 1 rings (SSSR count). The fourth-order valence-corrected chi connectivity index (χ4v) is 1.02. The Morgan fingerprint density at radius 3 is 2.75 bits per heavy atom. The quantitative estimate of drug-likeness (QED) is 0.698. The van der Waals surface area contributed by atoms with Gasteiger partial charge in [0.2, 0.25) is 0 Å². The molecule has 12 heavy (non-hydrogen) atoms. The van der Waals surface area contributed by atoms with E-state index in [1.54, 1.807) is 25.1 Å². The summed E-state index contributed by atoms with van der Waals surface area (Å²) in [6.45, 7) is 1.80. The number of benzene rings is 1. The van der Waals surface area contributed by atoms with Crippen molar-refractivity contribution in [2.75, 3.05) is 0 Å². The van der Waals surface area contributed by atoms with E-state index in [1.165, 1.54) is 6.07 Å². The van der Waals surface area contributed by atoms with Gasteiger partial charge in [-0.1, -0.05) is 18.2 Å². The van der Waals surface area contributed by atoms with E-state index in [0.717, 1.165) is 0 Å². The molecule has 0 aliphatic heterocycles. The Labute approximate surface area is 71.1 Å². The monoisotopic (exact) mass is 169 g/mol. The molecular formula is C9H12FNO. The zero-order valence-corrected chi connectivity index (χ0v) is 6.96. The van der Waals surface area contributed by atoms with E-state index in [0.29, 0.717) is 12.0 Å². The Morgan fingerprint density at radius 1 is 1.50 bits per heavy atom. The van der Waals surface area contributed by atoms with E-state index in [-0.39, 0.29) is 11.9 Å². The van der Waals surface area contributed by atoms with Crippen LogP contribution in [0.1, 0.15) is 12.5 Å². The molecule has 0 spiro atoms. The van der Waals surface area contributed by atoms with Crippen molar-refractivity contribution in [2.45, 2.75) is 19.4 Å². The lowest BCUT2D eigenvalue weighted by Gasteiger charge is -2.08. The summed E-state index contributed by atoms with van der Waals surface area (Å²) in [4.78, 5) is 4.54. The molecule has 2 nitrogen and oxygen atoms in total. The van der Waals surface area contributed by atoms with Crippen LogP contribution < -0.4 is 5.90 Å². The average Bonchev–Trinajstić information content (AvgIpc) is 2.09. The summed E-state index contributed by atoms with van der Waals surface area (Å²) in [5, 5.41) is 0. The minimum absolute atomic E-state index is 0.151. The molecule has 0 aliphatic carbocycles. The van der Waals surface area contributed by atoms with Gasteiger partial charge in [0.05, 0.1) is 6.10 Å². The molecule has 0 saturated heterocycles. The van der Waals surface area contributed by atoms with Gasteiger partial charge in [-0.15, -0.1) is 0 Å². The molecule has 1 unspecified atom stereocenters. The molecule has 66 valence electrons. The van der Waals surface area contributed by atoms with Gasteiger partial charge >= 0.3 is 0 Å². The predicted octanol–water partition coefficient (Wildman–Crippen LogP) is 1.65. The molecule has 0 radical (unpaired) electrons. The van der Waals surface area contributed by atoms with Crippen LogP contribution in [-0.4, -0.2) is 6.10 Å². The lowest BCUT2D eigenvalue weighted by molar-refractivity contribution is 0.0665. The first-order valence-corrected chi connectivity index (χ1v) is 3.83. The van der Waals surface area contributed by atoms with E-state index in [2.05, 4.69) is 4.84 Å². The van der Waals surface area contributed by atoms with Gasteiger partial charge in [0.1, 0.15) is 5.82 Å². The highest BCUT2D eigenvalue weighted by Gasteiger charge is 2.05. The van der Waals surface area contributed by atoms with Crippen molar-refractivity contribution in [2.24, 2.45) is 5.90 Å². The molecule has 0 fully saturated rings. The zero-order valence-electron chi connectivity index (χ0n) is 6.96. The third kappa shape index (κ3) is 2.29. The molecule has 0 aromatic heterocycles. The summed E-state index contributed by atoms with van der Waals surface area (Å²) in [5.41, 5.74) is 0.635. The molecule has 0 bridgehead atoms. The van der Waals surface area contributed by atoms with Crippen LogP contribution in [0.2, 0.25) is 0 Å². The highest BCUT2D eigenvalue weighted by atomic mass is 19.1. The van der Waals surface area contributed by atoms with Gasteiger partial charge in [0.25, 0.3) is 0 Å². The molecule has 3 heteroatoms. The van der Waals surface area contributed by atoms with Gasteiger partial charge in [0, 0.05) is 6.42 Å². The van der Waals surface area contributed by atoms with Gasteiger partial charge in [0.15, 0.2) is 0 Å². The van der Waals surface area contributed by atoms with Gasteiger partial charge in [-0.2, -0.15) is 0 Å². The van der Waals surface area contributed by atoms with E-state index >= 15 is 0 Å². The van der Waals surface area contributed by atoms with Crippen molar-refractivity contribution < 1.29 is 9.23 Å². The maximum Gasteiger partial charge on any atom is 0.126 e. The summed E-state index contributed by atoms with van der Waals surface area (Å²) in [6.07, 6.45) is 0.352. The highest BCUT2D eigenvalue weighted by Crippen LogP contribution is 2.09. The third-order valence-corrected chi connectivity index (χ3v) is 1.70. The summed E-state index contributed by atoms with van der Waals surface area (Å²) >= 11 is 0. The largest absolute Gasteiger partial charge is 0.301 e. The van der Waals surface area contributed by atoms with E-state index in [4.69, 9.17) is 5.90 Å². The Hall–Kier alpha value is -0.930. The van der Waals surface area contributed by atoms with E-state index in [9.17, 15) is 4.39 Å². The third-order valence-electron chi connectivity index (χ3n) is 1.70. The highest BCUT2D eigenvalue weighted by molar-refractivity contribution is 5.17. The van der Waals surface area contributed by atoms with E-state index in [1.807, 2.05) is 0 Å². The van der Waals surface area contributed by atoms with Gasteiger partial charge in [-0.25, -0.2) is 10.3 Å². The first-order valence-electron chi connectivity index (χ1n) is 3.83. The maximum absolute atomic E-state index is 13.0. The number of nitrogens with two attached hydrogens (primary N) is 1. The summed E-state index contributed by atoms with van der Waals surface area (Å²) in [6, 6.07) is 6.61. The van der Waals surface area contributed by atoms with Crippen LogP contribution in [0.4, 0.5) is 4.39 Å². The Kier molecular flexibility index (Phi) is 3.19. The van der Waals surface area contributed by atoms with Gasteiger partial charge in [-0.05, 0) is 18.6 Å². The first kappa shape index (κ1) is 9.16. The van der Waals surface area contributed by atoms with Crippen molar-refractivity contribution in [3.63, 3.8) is 0 Å². The average molecular weight is 169 g/mol. The number of rotatable bonds is 3. The first-order chi connectivity index (χ1) is 5.74. The predicted molar refractivity (Wildman–Crippen MR) is 44.8 cm³/mol. The summed E-state index contributed by atoms with van der Waals surface area (Å²) in [5.74, 6) is 4.74. The SMILES string of the molecule is CC(Cc1ccccc1F)ON. The fraction of sp³-hybridized carbons (Fsp3) is 0.333. The van der Waals surface area contributed by atoms with Crippen LogP contribution >= 0.6 is 0 Å². The molecule has 2 N–H and O–H groups in total. The van der Waals surface area contributed by atoms with Crippen LogP contribution in [-0.2, 0) is 11.3 Å². The second-order valence-electron chi connectivity index (χ2n) is 2.74. The van der Waals surface area contributed by atoms with Crippen LogP contribution in [0.15, 0.2) is 24.3 Å². The summed E-state index contributed by atoms with van der Waals surface area (Å²) < 4.78 is 13.0. The molecule has 0 saturated carbocycles. The lowest BCUT2D eigenvalue weighted by atomic mass is 10.1. The van der Waals surface area contributed by atoms with Crippen LogP contribution in [0, 0.1) is 5.82 Å². The van der Waals surface area contributed by atoms with Gasteiger partial charge < -0.3 is 4.84 Å². The molecule has 0 heterocycles. The Balaban J connectivity index is 2.69. The molecule has 1 atom stereocenters. The van der Waals surface area contributed by atoms with Crippen LogP contribution in [0.5, 0.6) is 0 Å². The van der Waals surface area contributed by atoms with Crippen molar-refractivity contribution in [1.29, 1.82) is 0 Å². The smallest absolute Gasteiger partial charge is 0.126 e. The molecular weight excluding hydrogens is 157 g/mol. The van der Waals surface area contributed by atoms with Crippen molar-refractivity contribution >= 4 is 0 Å². The number of halogens is 1. The van der Waals surface area contributed by atoms with Crippen molar-refractivity contribution in [3.05, 3.63) is 35.6 Å². The standard InChI is InChI=1S/C9H12FNO/c1-7(12-11)6-8-4-2-3-5-9(8)10/h2-5,7H,6,11H2,1H3. The van der Waals surface area contributed by atoms with E-state index < -0.39 is 0 Å². The number of hydrogen-bond acceptors (Lipinski definition) is 2. The zero-order chi connectivity index (χ0) is 8.97. The molecule has 0 aliphatic rings. The molecule has 1 aromatic rings. The van der Waals surface area contributed by atoms with Crippen molar-refractivity contribution in [3.8, 4) is 0 Å². The number of hydrogen-bond donors (Lipinski definition) is 1. The fourth-order valence-electron chi connectivity index (χ4n) is 1.02. The van der Waals surface area contributed by atoms with Crippen LogP contribution in [0.25, 0.3) is 0 Å². The lowest BCUT2D eigenvalue weighted by Crippen LogP contribution is -2.16. The summed E-state index contributed by atoms with van der Waals surface area (Å²) in [7, 11) is 0. The topological polar surface area (TPSA) is 35.2 Å². The Morgan fingerprint density at radius 2 is 2.17 bits per heavy atom. The van der Waals surface area contributed by atoms with Crippen LogP contribution in [0.3, 0.4) is 0 Å². The minimum atomic E-state index is -0.207. The minimum Gasteiger partial charge on any atom is -0.301 e. The normalized spacial score (nSPS) is 12.9. The molecule has 1 aromatic carbocycles. The van der Waals surface area contributed by atoms with Gasteiger partial charge in [-0.3, -0.25) is 0 Å². The molecule has 0 amide bonds. The maximum atomic E-state index is 13.0. The second kappa shape index (κ2) is 4.18.